The maximum absolute atomic E-state index is 12.6. The van der Waals surface area contributed by atoms with Gasteiger partial charge in [0.2, 0.25) is 5.55 Å². The van der Waals surface area contributed by atoms with E-state index in [1.165, 1.54) is 0 Å². The molecular formula is C25H19N3O2. The SMILES string of the molecule is Cc1cccc2cc(-c3cc4ccccc4[nH]3)/c(=N/C(=O)Nc3ccccc3)oc12. The minimum Gasteiger partial charge on any atom is -0.437 e. The van der Waals surface area contributed by atoms with Gasteiger partial charge in [-0.3, -0.25) is 0 Å². The van der Waals surface area contributed by atoms with E-state index in [1.807, 2.05) is 91.9 Å². The third-order valence-electron chi connectivity index (χ3n) is 5.02. The van der Waals surface area contributed by atoms with Crippen LogP contribution in [0, 0.1) is 6.92 Å². The molecule has 0 aliphatic heterocycles. The fourth-order valence-electron chi connectivity index (χ4n) is 3.56. The summed E-state index contributed by atoms with van der Waals surface area (Å²) in [6.45, 7) is 1.97. The smallest absolute Gasteiger partial charge is 0.348 e. The molecule has 2 amide bonds. The molecule has 30 heavy (non-hydrogen) atoms. The van der Waals surface area contributed by atoms with Gasteiger partial charge in [-0.25, -0.2) is 4.79 Å². The van der Waals surface area contributed by atoms with Crippen LogP contribution < -0.4 is 10.9 Å². The molecule has 0 atom stereocenters. The third kappa shape index (κ3) is 3.37. The minimum atomic E-state index is -0.491. The van der Waals surface area contributed by atoms with Crippen molar-refractivity contribution in [2.45, 2.75) is 6.92 Å². The Bertz CT molecular complexity index is 1410. The Morgan fingerprint density at radius 3 is 2.50 bits per heavy atom. The minimum absolute atomic E-state index is 0.261. The van der Waals surface area contributed by atoms with Gasteiger partial charge in [0, 0.05) is 22.0 Å². The van der Waals surface area contributed by atoms with Crippen molar-refractivity contribution >= 4 is 33.6 Å². The molecule has 2 heterocycles. The summed E-state index contributed by atoms with van der Waals surface area (Å²) in [4.78, 5) is 20.3. The van der Waals surface area contributed by atoms with Crippen molar-refractivity contribution in [2.75, 3.05) is 5.32 Å². The Kier molecular flexibility index (Phi) is 4.41. The number of fused-ring (bicyclic) bond motifs is 2. The van der Waals surface area contributed by atoms with Crippen molar-refractivity contribution in [3.8, 4) is 11.3 Å². The first-order valence-corrected chi connectivity index (χ1v) is 9.70. The molecule has 5 heteroatoms. The number of hydrogen-bond acceptors (Lipinski definition) is 2. The maximum atomic E-state index is 12.6. The van der Waals surface area contributed by atoms with Crippen LogP contribution >= 0.6 is 0 Å². The van der Waals surface area contributed by atoms with Crippen LogP contribution in [0.15, 0.2) is 94.3 Å². The molecule has 0 unspecified atom stereocenters. The van der Waals surface area contributed by atoms with Gasteiger partial charge in [-0.2, -0.15) is 4.99 Å². The fourth-order valence-corrected chi connectivity index (χ4v) is 3.56. The fraction of sp³-hybridized carbons (Fsp3) is 0.0400. The van der Waals surface area contributed by atoms with Crippen molar-refractivity contribution in [3.63, 3.8) is 0 Å². The number of aromatic amines is 1. The van der Waals surface area contributed by atoms with Crippen LogP contribution in [0.25, 0.3) is 33.1 Å². The Hall–Kier alpha value is -4.12. The number of para-hydroxylation sites is 3. The first-order chi connectivity index (χ1) is 14.7. The largest absolute Gasteiger partial charge is 0.437 e. The van der Waals surface area contributed by atoms with E-state index in [0.29, 0.717) is 11.3 Å². The summed E-state index contributed by atoms with van der Waals surface area (Å²) in [5.74, 6) is 0. The third-order valence-corrected chi connectivity index (χ3v) is 5.02. The molecule has 5 nitrogen and oxygen atoms in total. The van der Waals surface area contributed by atoms with Crippen LogP contribution in [-0.4, -0.2) is 11.0 Å². The normalized spacial score (nSPS) is 11.8. The van der Waals surface area contributed by atoms with Crippen LogP contribution in [0.2, 0.25) is 0 Å². The molecule has 0 spiro atoms. The summed E-state index contributed by atoms with van der Waals surface area (Å²) in [5, 5.41) is 4.81. The highest BCUT2D eigenvalue weighted by molar-refractivity contribution is 5.91. The first-order valence-electron chi connectivity index (χ1n) is 9.70. The van der Waals surface area contributed by atoms with E-state index in [1.54, 1.807) is 0 Å². The number of urea groups is 1. The zero-order chi connectivity index (χ0) is 20.5. The van der Waals surface area contributed by atoms with Crippen molar-refractivity contribution in [1.29, 1.82) is 0 Å². The molecule has 5 aromatic rings. The number of aryl methyl sites for hydroxylation is 1. The number of carbonyl (C=O) groups is 1. The Morgan fingerprint density at radius 2 is 1.67 bits per heavy atom. The quantitative estimate of drug-likeness (QED) is 0.385. The second-order valence-electron chi connectivity index (χ2n) is 7.14. The lowest BCUT2D eigenvalue weighted by atomic mass is 10.1. The van der Waals surface area contributed by atoms with Gasteiger partial charge in [0.1, 0.15) is 5.58 Å². The zero-order valence-corrected chi connectivity index (χ0v) is 16.3. The van der Waals surface area contributed by atoms with Crippen molar-refractivity contribution in [1.82, 2.24) is 4.98 Å². The first kappa shape index (κ1) is 17.9. The van der Waals surface area contributed by atoms with Gasteiger partial charge in [0.15, 0.2) is 0 Å². The van der Waals surface area contributed by atoms with E-state index < -0.39 is 6.03 Å². The van der Waals surface area contributed by atoms with Gasteiger partial charge in [-0.15, -0.1) is 0 Å². The van der Waals surface area contributed by atoms with Gasteiger partial charge >= 0.3 is 6.03 Å². The molecule has 0 radical (unpaired) electrons. The number of nitrogens with zero attached hydrogens (tertiary/aromatic N) is 1. The molecule has 5 rings (SSSR count). The molecule has 0 aliphatic carbocycles. The standard InChI is InChI=1S/C25H19N3O2/c1-16-8-7-10-18-14-20(22-15-17-9-5-6-13-21(17)27-22)24(30-23(16)18)28-25(29)26-19-11-3-2-4-12-19/h2-15,27H,1H3,(H,26,29)/b28-24-. The number of H-pyrrole nitrogens is 1. The van der Waals surface area contributed by atoms with Crippen LogP contribution in [-0.2, 0) is 0 Å². The summed E-state index contributed by atoms with van der Waals surface area (Å²) in [6, 6.07) is 26.8. The Labute approximate surface area is 172 Å². The second-order valence-corrected chi connectivity index (χ2v) is 7.14. The van der Waals surface area contributed by atoms with Crippen LogP contribution in [0.4, 0.5) is 10.5 Å². The predicted octanol–water partition coefficient (Wildman–Crippen LogP) is 6.02. The van der Waals surface area contributed by atoms with Crippen LogP contribution in [0.3, 0.4) is 0 Å². The molecular weight excluding hydrogens is 374 g/mol. The lowest BCUT2D eigenvalue weighted by Gasteiger charge is -2.06. The second kappa shape index (κ2) is 7.37. The highest BCUT2D eigenvalue weighted by Crippen LogP contribution is 2.26. The monoisotopic (exact) mass is 393 g/mol. The molecule has 0 fully saturated rings. The van der Waals surface area contributed by atoms with Gasteiger partial charge < -0.3 is 14.7 Å². The number of rotatable bonds is 2. The number of aromatic nitrogens is 1. The van der Waals surface area contributed by atoms with E-state index in [4.69, 9.17) is 4.42 Å². The number of hydrogen-bond donors (Lipinski definition) is 2. The van der Waals surface area contributed by atoms with Gasteiger partial charge in [-0.1, -0.05) is 54.6 Å². The Balaban J connectivity index is 1.69. The summed E-state index contributed by atoms with van der Waals surface area (Å²) >= 11 is 0. The Morgan fingerprint density at radius 1 is 0.900 bits per heavy atom. The number of amides is 2. The summed E-state index contributed by atoms with van der Waals surface area (Å²) in [6.07, 6.45) is 0. The van der Waals surface area contributed by atoms with Gasteiger partial charge in [-0.05, 0) is 42.8 Å². The molecule has 0 aliphatic rings. The molecule has 0 saturated carbocycles. The molecule has 2 aromatic heterocycles. The van der Waals surface area contributed by atoms with Gasteiger partial charge in [0.25, 0.3) is 0 Å². The van der Waals surface area contributed by atoms with Crippen LogP contribution in [0.1, 0.15) is 5.56 Å². The van der Waals surface area contributed by atoms with E-state index >= 15 is 0 Å². The van der Waals surface area contributed by atoms with E-state index in [0.717, 1.165) is 33.1 Å². The van der Waals surface area contributed by atoms with Crippen molar-refractivity contribution < 1.29 is 9.21 Å². The number of anilines is 1. The average Bonchev–Trinajstić information content (AvgIpc) is 3.19. The van der Waals surface area contributed by atoms with Crippen molar-refractivity contribution in [2.24, 2.45) is 4.99 Å². The predicted molar refractivity (Wildman–Crippen MR) is 119 cm³/mol. The topological polar surface area (TPSA) is 70.4 Å². The van der Waals surface area contributed by atoms with Crippen LogP contribution in [0.5, 0.6) is 0 Å². The number of benzene rings is 3. The summed E-state index contributed by atoms with van der Waals surface area (Å²) < 4.78 is 6.13. The highest BCUT2D eigenvalue weighted by Gasteiger charge is 2.12. The molecule has 146 valence electrons. The van der Waals surface area contributed by atoms with E-state index in [9.17, 15) is 4.79 Å². The average molecular weight is 393 g/mol. The lowest BCUT2D eigenvalue weighted by molar-refractivity contribution is 0.258. The zero-order valence-electron chi connectivity index (χ0n) is 16.3. The maximum Gasteiger partial charge on any atom is 0.348 e. The van der Waals surface area contributed by atoms with Crippen molar-refractivity contribution in [3.05, 3.63) is 96.0 Å². The summed E-state index contributed by atoms with van der Waals surface area (Å²) in [7, 11) is 0. The van der Waals surface area contributed by atoms with E-state index in [2.05, 4.69) is 15.3 Å². The molecule has 0 saturated heterocycles. The summed E-state index contributed by atoms with van der Waals surface area (Å²) in [5.41, 5.74) is 5.21. The number of nitrogens with one attached hydrogen (secondary N) is 2. The molecule has 2 N–H and O–H groups in total. The number of carbonyl (C=O) groups excluding carboxylic acids is 1. The molecule has 3 aromatic carbocycles. The van der Waals surface area contributed by atoms with Gasteiger partial charge in [0.05, 0.1) is 11.3 Å². The lowest BCUT2D eigenvalue weighted by Crippen LogP contribution is -2.14. The molecule has 0 bridgehead atoms. The highest BCUT2D eigenvalue weighted by atomic mass is 16.3. The van der Waals surface area contributed by atoms with E-state index in [-0.39, 0.29) is 5.55 Å².